The van der Waals surface area contributed by atoms with Crippen molar-refractivity contribution < 1.29 is 14.3 Å². The molecule has 2 aliphatic rings. The molecule has 0 radical (unpaired) electrons. The highest BCUT2D eigenvalue weighted by atomic mass is 16.6. The van der Waals surface area contributed by atoms with Crippen LogP contribution in [0.5, 0.6) is 5.75 Å². The molecule has 3 aromatic rings. The summed E-state index contributed by atoms with van der Waals surface area (Å²) >= 11 is 0. The van der Waals surface area contributed by atoms with Crippen LogP contribution in [0.25, 0.3) is 16.6 Å². The summed E-state index contributed by atoms with van der Waals surface area (Å²) in [5.74, 6) is 2.27. The van der Waals surface area contributed by atoms with Crippen molar-refractivity contribution in [3.8, 4) is 22.9 Å². The Morgan fingerprint density at radius 2 is 2.03 bits per heavy atom. The van der Waals surface area contributed by atoms with Gasteiger partial charge in [0.15, 0.2) is 0 Å². The van der Waals surface area contributed by atoms with E-state index in [0.29, 0.717) is 29.8 Å². The molecule has 1 saturated carbocycles. The molecule has 0 aromatic carbocycles. The van der Waals surface area contributed by atoms with E-state index >= 15 is 0 Å². The number of amides is 1. The molecule has 5 rings (SSSR count). The molecule has 1 aliphatic heterocycles. The normalized spacial score (nSPS) is 21.1. The fourth-order valence-corrected chi connectivity index (χ4v) is 4.67. The van der Waals surface area contributed by atoms with Crippen LogP contribution < -0.4 is 15.0 Å². The lowest BCUT2D eigenvalue weighted by Gasteiger charge is -2.23. The number of rotatable bonds is 5. The number of nitriles is 1. The molecule has 0 bridgehead atoms. The SMILES string of the molecule is CCOc1cc(-c2ccc(N3CC4C(C3)C4OC(=O)NC(C)(C)C)nc2)c2c(C#N)cnn2c1. The number of alkyl carbamates (subject to hydrolysis) is 1. The molecule has 2 atom stereocenters. The zero-order chi connectivity index (χ0) is 24.0. The van der Waals surface area contributed by atoms with Crippen LogP contribution in [0.4, 0.5) is 10.6 Å². The minimum Gasteiger partial charge on any atom is -0.492 e. The molecule has 1 saturated heterocycles. The second-order valence-corrected chi connectivity index (χ2v) is 9.87. The lowest BCUT2D eigenvalue weighted by molar-refractivity contribution is 0.119. The summed E-state index contributed by atoms with van der Waals surface area (Å²) in [7, 11) is 0. The molecule has 9 nitrogen and oxygen atoms in total. The van der Waals surface area contributed by atoms with Crippen LogP contribution in [0.15, 0.2) is 36.8 Å². The van der Waals surface area contributed by atoms with Gasteiger partial charge in [-0.1, -0.05) is 0 Å². The Balaban J connectivity index is 1.30. The zero-order valence-electron chi connectivity index (χ0n) is 19.8. The van der Waals surface area contributed by atoms with E-state index in [9.17, 15) is 10.1 Å². The third-order valence-corrected chi connectivity index (χ3v) is 6.24. The number of pyridine rings is 2. The number of nitrogens with one attached hydrogen (secondary N) is 1. The lowest BCUT2D eigenvalue weighted by Crippen LogP contribution is -2.42. The molecule has 3 aromatic heterocycles. The topological polar surface area (TPSA) is 105 Å². The van der Waals surface area contributed by atoms with Crippen molar-refractivity contribution in [3.05, 3.63) is 42.4 Å². The van der Waals surface area contributed by atoms with Crippen LogP contribution in [-0.4, -0.2) is 52.0 Å². The Labute approximate surface area is 198 Å². The standard InChI is InChI=1S/C25H28N6O3/c1-5-33-17-8-18(22-16(9-26)11-28-31(22)12-17)15-6-7-21(27-10-15)30-13-19-20(14-30)23(19)34-24(32)29-25(2,3)4/h6-8,10-12,19-20,23H,5,13-14H2,1-4H3,(H,29,32). The van der Waals surface area contributed by atoms with Gasteiger partial charge < -0.3 is 19.7 Å². The lowest BCUT2D eigenvalue weighted by atomic mass is 10.1. The zero-order valence-corrected chi connectivity index (χ0v) is 19.8. The van der Waals surface area contributed by atoms with Crippen LogP contribution in [0, 0.1) is 23.2 Å². The van der Waals surface area contributed by atoms with Gasteiger partial charge in [0, 0.05) is 47.8 Å². The molecular formula is C25H28N6O3. The molecule has 2 fully saturated rings. The number of nitrogens with zero attached hydrogens (tertiary/aromatic N) is 5. The summed E-state index contributed by atoms with van der Waals surface area (Å²) in [6.07, 6.45) is 4.80. The number of hydrogen-bond donors (Lipinski definition) is 1. The summed E-state index contributed by atoms with van der Waals surface area (Å²) < 4.78 is 13.0. The fourth-order valence-electron chi connectivity index (χ4n) is 4.67. The van der Waals surface area contributed by atoms with Gasteiger partial charge in [0.1, 0.15) is 23.7 Å². The van der Waals surface area contributed by atoms with Crippen molar-refractivity contribution in [2.45, 2.75) is 39.3 Å². The second-order valence-electron chi connectivity index (χ2n) is 9.87. The fraction of sp³-hybridized carbons (Fsp3) is 0.440. The summed E-state index contributed by atoms with van der Waals surface area (Å²) in [5, 5.41) is 16.7. The van der Waals surface area contributed by atoms with E-state index in [2.05, 4.69) is 21.4 Å². The Morgan fingerprint density at radius 3 is 2.65 bits per heavy atom. The van der Waals surface area contributed by atoms with Crippen molar-refractivity contribution in [2.24, 2.45) is 11.8 Å². The first-order valence-corrected chi connectivity index (χ1v) is 11.5. The van der Waals surface area contributed by atoms with E-state index in [-0.39, 0.29) is 17.7 Å². The van der Waals surface area contributed by atoms with Gasteiger partial charge in [0.25, 0.3) is 0 Å². The number of aromatic nitrogens is 3. The highest BCUT2D eigenvalue weighted by Crippen LogP contribution is 2.48. The maximum absolute atomic E-state index is 12.1. The number of carbonyl (C=O) groups is 1. The molecule has 1 amide bonds. The van der Waals surface area contributed by atoms with Gasteiger partial charge in [-0.05, 0) is 45.9 Å². The van der Waals surface area contributed by atoms with Crippen LogP contribution >= 0.6 is 0 Å². The Morgan fingerprint density at radius 1 is 1.26 bits per heavy atom. The Hall–Kier alpha value is -3.80. The van der Waals surface area contributed by atoms with Crippen molar-refractivity contribution in [3.63, 3.8) is 0 Å². The van der Waals surface area contributed by atoms with Crippen LogP contribution in [0.3, 0.4) is 0 Å². The number of fused-ring (bicyclic) bond motifs is 2. The molecular weight excluding hydrogens is 432 g/mol. The Bertz CT molecular complexity index is 1260. The third kappa shape index (κ3) is 4.12. The van der Waals surface area contributed by atoms with Gasteiger partial charge in [0.05, 0.1) is 30.1 Å². The molecule has 1 aliphatic carbocycles. The van der Waals surface area contributed by atoms with Crippen molar-refractivity contribution >= 4 is 17.4 Å². The number of ether oxygens (including phenoxy) is 2. The first-order chi connectivity index (χ1) is 16.3. The van der Waals surface area contributed by atoms with Gasteiger partial charge in [-0.2, -0.15) is 10.4 Å². The highest BCUT2D eigenvalue weighted by Gasteiger charge is 2.59. The molecule has 34 heavy (non-hydrogen) atoms. The Kier molecular flexibility index (Phi) is 5.31. The summed E-state index contributed by atoms with van der Waals surface area (Å²) in [6.45, 7) is 9.90. The van der Waals surface area contributed by atoms with E-state index in [1.54, 1.807) is 16.9 Å². The third-order valence-electron chi connectivity index (χ3n) is 6.24. The van der Waals surface area contributed by atoms with Crippen molar-refractivity contribution in [1.29, 1.82) is 5.26 Å². The summed E-state index contributed by atoms with van der Waals surface area (Å²) in [6, 6.07) is 8.14. The number of anilines is 1. The molecule has 4 heterocycles. The van der Waals surface area contributed by atoms with Crippen LogP contribution in [-0.2, 0) is 4.74 Å². The average Bonchev–Trinajstić information content (AvgIpc) is 3.14. The minimum atomic E-state index is -0.349. The van der Waals surface area contributed by atoms with Crippen LogP contribution in [0.2, 0.25) is 0 Å². The van der Waals surface area contributed by atoms with E-state index in [1.165, 1.54) is 0 Å². The number of piperidine rings is 1. The summed E-state index contributed by atoms with van der Waals surface area (Å²) in [5.41, 5.74) is 2.66. The first-order valence-electron chi connectivity index (χ1n) is 11.5. The monoisotopic (exact) mass is 460 g/mol. The summed E-state index contributed by atoms with van der Waals surface area (Å²) in [4.78, 5) is 19.0. The molecule has 1 N–H and O–H groups in total. The van der Waals surface area contributed by atoms with Crippen LogP contribution in [0.1, 0.15) is 33.3 Å². The minimum absolute atomic E-state index is 0.0151. The molecule has 2 unspecified atom stereocenters. The highest BCUT2D eigenvalue weighted by molar-refractivity contribution is 5.85. The van der Waals surface area contributed by atoms with Gasteiger partial charge in [-0.15, -0.1) is 0 Å². The molecule has 0 spiro atoms. The van der Waals surface area contributed by atoms with E-state index in [4.69, 9.17) is 14.5 Å². The quantitative estimate of drug-likeness (QED) is 0.620. The second kappa shape index (κ2) is 8.20. The van der Waals surface area contributed by atoms with Gasteiger partial charge >= 0.3 is 6.09 Å². The predicted molar refractivity (Wildman–Crippen MR) is 127 cm³/mol. The largest absolute Gasteiger partial charge is 0.492 e. The van der Waals surface area contributed by atoms with E-state index in [0.717, 1.165) is 35.6 Å². The smallest absolute Gasteiger partial charge is 0.407 e. The first kappa shape index (κ1) is 22.0. The predicted octanol–water partition coefficient (Wildman–Crippen LogP) is 3.63. The van der Waals surface area contributed by atoms with E-state index < -0.39 is 0 Å². The van der Waals surface area contributed by atoms with Gasteiger partial charge in [-0.3, -0.25) is 0 Å². The van der Waals surface area contributed by atoms with Crippen molar-refractivity contribution in [2.75, 3.05) is 24.6 Å². The molecule has 9 heteroatoms. The van der Waals surface area contributed by atoms with Crippen molar-refractivity contribution in [1.82, 2.24) is 19.9 Å². The van der Waals surface area contributed by atoms with Gasteiger partial charge in [0.2, 0.25) is 0 Å². The maximum Gasteiger partial charge on any atom is 0.407 e. The van der Waals surface area contributed by atoms with E-state index in [1.807, 2.05) is 52.1 Å². The maximum atomic E-state index is 12.1. The molecule has 176 valence electrons. The number of carbonyl (C=O) groups excluding carboxylic acids is 1. The van der Waals surface area contributed by atoms with Gasteiger partial charge in [-0.25, -0.2) is 14.3 Å². The number of hydrogen-bond acceptors (Lipinski definition) is 7. The average molecular weight is 461 g/mol.